The molecule has 0 unspecified atom stereocenters. The van der Waals surface area contributed by atoms with Crippen LogP contribution < -0.4 is 4.74 Å². The molecule has 142 valence electrons. The average molecular weight is 371 g/mol. The minimum absolute atomic E-state index is 0.0963. The first-order chi connectivity index (χ1) is 13.0. The van der Waals surface area contributed by atoms with Gasteiger partial charge in [0.15, 0.2) is 6.61 Å². The average Bonchev–Trinajstić information content (AvgIpc) is 3.51. The zero-order valence-corrected chi connectivity index (χ0v) is 15.4. The summed E-state index contributed by atoms with van der Waals surface area (Å²) < 4.78 is 23.8. The van der Waals surface area contributed by atoms with Crippen molar-refractivity contribution in [2.45, 2.75) is 32.4 Å². The number of rotatable bonds is 7. The summed E-state index contributed by atoms with van der Waals surface area (Å²) in [6.07, 6.45) is 1.89. The third-order valence-corrected chi connectivity index (χ3v) is 4.55. The number of methoxy groups -OCH3 is 1. The number of hydrogen-bond acceptors (Lipinski definition) is 4. The molecule has 0 aliphatic heterocycles. The van der Waals surface area contributed by atoms with Crippen molar-refractivity contribution in [1.29, 1.82) is 0 Å². The van der Waals surface area contributed by atoms with E-state index >= 15 is 0 Å². The number of esters is 1. The molecule has 1 amide bonds. The zero-order chi connectivity index (χ0) is 19.4. The van der Waals surface area contributed by atoms with Crippen molar-refractivity contribution in [2.24, 2.45) is 0 Å². The second kappa shape index (κ2) is 8.20. The van der Waals surface area contributed by atoms with Gasteiger partial charge in [0, 0.05) is 12.6 Å². The van der Waals surface area contributed by atoms with E-state index in [-0.39, 0.29) is 24.1 Å². The lowest BCUT2D eigenvalue weighted by atomic mass is 10.1. The van der Waals surface area contributed by atoms with Gasteiger partial charge in [-0.15, -0.1) is 0 Å². The maximum Gasteiger partial charge on any atom is 0.338 e. The SMILES string of the molecule is COc1ccc(CN(C(=O)COC(=O)c2ccc(C)c(F)c2)C2CC2)cc1. The van der Waals surface area contributed by atoms with Gasteiger partial charge >= 0.3 is 5.97 Å². The molecule has 1 aliphatic rings. The third kappa shape index (κ3) is 4.84. The van der Waals surface area contributed by atoms with Gasteiger partial charge in [-0.1, -0.05) is 18.2 Å². The molecule has 0 saturated heterocycles. The van der Waals surface area contributed by atoms with E-state index in [0.717, 1.165) is 30.2 Å². The largest absolute Gasteiger partial charge is 0.497 e. The van der Waals surface area contributed by atoms with E-state index in [2.05, 4.69) is 0 Å². The van der Waals surface area contributed by atoms with Crippen LogP contribution in [0.2, 0.25) is 0 Å². The molecule has 0 radical (unpaired) electrons. The van der Waals surface area contributed by atoms with Gasteiger partial charge in [0.25, 0.3) is 5.91 Å². The molecule has 1 fully saturated rings. The smallest absolute Gasteiger partial charge is 0.338 e. The van der Waals surface area contributed by atoms with Crippen LogP contribution in [0.3, 0.4) is 0 Å². The third-order valence-electron chi connectivity index (χ3n) is 4.55. The number of carbonyl (C=O) groups is 2. The lowest BCUT2D eigenvalue weighted by Gasteiger charge is -2.22. The minimum Gasteiger partial charge on any atom is -0.497 e. The Bertz CT molecular complexity index is 831. The Labute approximate surface area is 157 Å². The highest BCUT2D eigenvalue weighted by molar-refractivity contribution is 5.91. The predicted octanol–water partition coefficient (Wildman–Crippen LogP) is 3.49. The molecule has 0 N–H and O–H groups in total. The Morgan fingerprint density at radius 2 is 1.85 bits per heavy atom. The first-order valence-corrected chi connectivity index (χ1v) is 8.83. The van der Waals surface area contributed by atoms with Crippen molar-refractivity contribution in [1.82, 2.24) is 4.90 Å². The van der Waals surface area contributed by atoms with Crippen molar-refractivity contribution in [3.8, 4) is 5.75 Å². The van der Waals surface area contributed by atoms with Crippen molar-refractivity contribution in [3.05, 3.63) is 65.0 Å². The molecule has 0 heterocycles. The van der Waals surface area contributed by atoms with E-state index < -0.39 is 11.8 Å². The molecule has 0 atom stereocenters. The highest BCUT2D eigenvalue weighted by atomic mass is 19.1. The fourth-order valence-corrected chi connectivity index (χ4v) is 2.75. The summed E-state index contributed by atoms with van der Waals surface area (Å²) in [7, 11) is 1.60. The maximum atomic E-state index is 13.6. The van der Waals surface area contributed by atoms with Crippen LogP contribution in [0.4, 0.5) is 4.39 Å². The van der Waals surface area contributed by atoms with Crippen LogP contribution in [0.15, 0.2) is 42.5 Å². The lowest BCUT2D eigenvalue weighted by Crippen LogP contribution is -2.36. The van der Waals surface area contributed by atoms with E-state index in [9.17, 15) is 14.0 Å². The van der Waals surface area contributed by atoms with Crippen LogP contribution in [-0.4, -0.2) is 36.5 Å². The second-order valence-corrected chi connectivity index (χ2v) is 6.64. The predicted molar refractivity (Wildman–Crippen MR) is 98.0 cm³/mol. The van der Waals surface area contributed by atoms with E-state index in [1.807, 2.05) is 24.3 Å². The standard InChI is InChI=1S/C21H22FNO4/c1-14-3-6-16(11-19(14)22)21(25)27-13-20(24)23(17-7-8-17)12-15-4-9-18(26-2)10-5-15/h3-6,9-11,17H,7-8,12-13H2,1-2H3. The van der Waals surface area contributed by atoms with Gasteiger partial charge in [-0.25, -0.2) is 9.18 Å². The Kier molecular flexibility index (Phi) is 5.74. The summed E-state index contributed by atoms with van der Waals surface area (Å²) in [4.78, 5) is 26.4. The van der Waals surface area contributed by atoms with Gasteiger partial charge in [0.2, 0.25) is 0 Å². The molecule has 0 aromatic heterocycles. The Morgan fingerprint density at radius 1 is 1.15 bits per heavy atom. The summed E-state index contributed by atoms with van der Waals surface area (Å²) in [5, 5.41) is 0. The van der Waals surface area contributed by atoms with Crippen molar-refractivity contribution < 1.29 is 23.5 Å². The van der Waals surface area contributed by atoms with Crippen LogP contribution in [0, 0.1) is 12.7 Å². The van der Waals surface area contributed by atoms with E-state index in [0.29, 0.717) is 12.1 Å². The molecule has 0 bridgehead atoms. The topological polar surface area (TPSA) is 55.8 Å². The maximum absolute atomic E-state index is 13.6. The fraction of sp³-hybridized carbons (Fsp3) is 0.333. The van der Waals surface area contributed by atoms with Gasteiger partial charge in [-0.3, -0.25) is 4.79 Å². The van der Waals surface area contributed by atoms with Gasteiger partial charge in [0.1, 0.15) is 11.6 Å². The summed E-state index contributed by atoms with van der Waals surface area (Å²) >= 11 is 0. The quantitative estimate of drug-likeness (QED) is 0.699. The number of amides is 1. The summed E-state index contributed by atoms with van der Waals surface area (Å²) in [5.41, 5.74) is 1.52. The molecule has 0 spiro atoms. The van der Waals surface area contributed by atoms with Gasteiger partial charge in [0.05, 0.1) is 12.7 Å². The van der Waals surface area contributed by atoms with Crippen LogP contribution in [0.5, 0.6) is 5.75 Å². The Hall–Kier alpha value is -2.89. The van der Waals surface area contributed by atoms with Crippen LogP contribution in [-0.2, 0) is 16.1 Å². The lowest BCUT2D eigenvalue weighted by molar-refractivity contribution is -0.135. The Morgan fingerprint density at radius 3 is 2.44 bits per heavy atom. The second-order valence-electron chi connectivity index (χ2n) is 6.64. The van der Waals surface area contributed by atoms with Gasteiger partial charge in [-0.2, -0.15) is 0 Å². The highest BCUT2D eigenvalue weighted by Crippen LogP contribution is 2.29. The van der Waals surface area contributed by atoms with E-state index in [1.54, 1.807) is 18.9 Å². The number of nitrogens with zero attached hydrogens (tertiary/aromatic N) is 1. The molecule has 2 aromatic carbocycles. The fourth-order valence-electron chi connectivity index (χ4n) is 2.75. The number of benzene rings is 2. The van der Waals surface area contributed by atoms with E-state index in [4.69, 9.17) is 9.47 Å². The Balaban J connectivity index is 1.59. The molecule has 5 nitrogen and oxygen atoms in total. The molecular weight excluding hydrogens is 349 g/mol. The molecule has 1 saturated carbocycles. The van der Waals surface area contributed by atoms with Gasteiger partial charge < -0.3 is 14.4 Å². The normalized spacial score (nSPS) is 13.1. The summed E-state index contributed by atoms with van der Waals surface area (Å²) in [6, 6.07) is 11.8. The molecule has 1 aliphatic carbocycles. The first-order valence-electron chi connectivity index (χ1n) is 8.83. The number of carbonyl (C=O) groups excluding carboxylic acids is 2. The number of ether oxygens (including phenoxy) is 2. The first kappa shape index (κ1) is 18.9. The molecule has 2 aromatic rings. The number of hydrogen-bond donors (Lipinski definition) is 0. The van der Waals surface area contributed by atoms with Crippen LogP contribution >= 0.6 is 0 Å². The highest BCUT2D eigenvalue weighted by Gasteiger charge is 2.33. The molecule has 27 heavy (non-hydrogen) atoms. The van der Waals surface area contributed by atoms with Crippen molar-refractivity contribution in [2.75, 3.05) is 13.7 Å². The van der Waals surface area contributed by atoms with Crippen LogP contribution in [0.25, 0.3) is 0 Å². The molecule has 6 heteroatoms. The monoisotopic (exact) mass is 371 g/mol. The summed E-state index contributed by atoms with van der Waals surface area (Å²) in [6.45, 7) is 1.70. The van der Waals surface area contributed by atoms with Crippen LogP contribution in [0.1, 0.15) is 34.3 Å². The minimum atomic E-state index is -0.706. The van der Waals surface area contributed by atoms with Crippen molar-refractivity contribution in [3.63, 3.8) is 0 Å². The van der Waals surface area contributed by atoms with E-state index in [1.165, 1.54) is 12.1 Å². The number of halogens is 1. The number of aryl methyl sites for hydroxylation is 1. The molecule has 3 rings (SSSR count). The molecular formula is C21H22FNO4. The summed E-state index contributed by atoms with van der Waals surface area (Å²) in [5.74, 6) is -0.686. The zero-order valence-electron chi connectivity index (χ0n) is 15.4. The van der Waals surface area contributed by atoms with Crippen molar-refractivity contribution >= 4 is 11.9 Å². The van der Waals surface area contributed by atoms with Gasteiger partial charge in [-0.05, 0) is 55.2 Å².